The van der Waals surface area contributed by atoms with E-state index >= 15 is 0 Å². The van der Waals surface area contributed by atoms with E-state index in [0.29, 0.717) is 16.2 Å². The Morgan fingerprint density at radius 2 is 1.87 bits per heavy atom. The van der Waals surface area contributed by atoms with Crippen LogP contribution in [-0.4, -0.2) is 21.4 Å². The minimum atomic E-state index is -1.59. The van der Waals surface area contributed by atoms with Crippen molar-refractivity contribution < 1.29 is 23.6 Å². The van der Waals surface area contributed by atoms with E-state index in [0.717, 1.165) is 5.56 Å². The molecule has 0 aromatic heterocycles. The molecular weight excluding hydrogens is 316 g/mol. The van der Waals surface area contributed by atoms with Crippen molar-refractivity contribution in [3.05, 3.63) is 47.5 Å². The van der Waals surface area contributed by atoms with Gasteiger partial charge in [0.25, 0.3) is 0 Å². The lowest BCUT2D eigenvalue weighted by Crippen LogP contribution is -2.12. The zero-order chi connectivity index (χ0) is 16.1. The first-order valence-corrected chi connectivity index (χ1v) is 8.40. The Labute approximate surface area is 135 Å². The van der Waals surface area contributed by atoms with Crippen molar-refractivity contribution in [1.82, 2.24) is 0 Å². The second-order valence-corrected chi connectivity index (χ2v) is 7.10. The first-order chi connectivity index (χ1) is 11.0. The molecule has 0 radical (unpaired) electrons. The van der Waals surface area contributed by atoms with Gasteiger partial charge in [0.1, 0.15) is 11.5 Å². The fourth-order valence-electron chi connectivity index (χ4n) is 2.96. The molecule has 23 heavy (non-hydrogen) atoms. The number of phenolic OH excluding ortho intramolecular Hbond substituents is 1. The fourth-order valence-corrected chi connectivity index (χ4v) is 4.26. The molecule has 0 amide bonds. The van der Waals surface area contributed by atoms with Crippen LogP contribution < -0.4 is 4.74 Å². The third kappa shape index (κ3) is 2.21. The van der Waals surface area contributed by atoms with Gasteiger partial charge in [-0.05, 0) is 31.2 Å². The Hall–Kier alpha value is -2.34. The number of hydrogen-bond donors (Lipinski definition) is 1. The van der Waals surface area contributed by atoms with E-state index in [4.69, 9.17) is 9.47 Å². The van der Waals surface area contributed by atoms with Crippen LogP contribution in [0.5, 0.6) is 11.5 Å². The second-order valence-electron chi connectivity index (χ2n) is 5.68. The van der Waals surface area contributed by atoms with Crippen LogP contribution >= 0.6 is 0 Å². The monoisotopic (exact) mass is 330 g/mol. The number of rotatable bonds is 2. The molecule has 2 aliphatic rings. The zero-order valence-corrected chi connectivity index (χ0v) is 13.1. The molecule has 1 saturated heterocycles. The molecule has 0 aliphatic carbocycles. The van der Waals surface area contributed by atoms with Gasteiger partial charge in [0, 0.05) is 4.90 Å². The summed E-state index contributed by atoms with van der Waals surface area (Å²) in [6.07, 6.45) is -0.849. The van der Waals surface area contributed by atoms with Gasteiger partial charge in [-0.15, -0.1) is 0 Å². The van der Waals surface area contributed by atoms with Gasteiger partial charge in [-0.25, -0.2) is 4.21 Å². The summed E-state index contributed by atoms with van der Waals surface area (Å²) in [4.78, 5) is 12.3. The van der Waals surface area contributed by atoms with Crippen LogP contribution in [0.1, 0.15) is 23.7 Å². The van der Waals surface area contributed by atoms with Crippen LogP contribution in [0.25, 0.3) is 0 Å². The van der Waals surface area contributed by atoms with E-state index in [1.165, 1.54) is 6.07 Å². The molecule has 1 fully saturated rings. The molecule has 0 saturated carbocycles. The van der Waals surface area contributed by atoms with Gasteiger partial charge in [0.2, 0.25) is 0 Å². The maximum Gasteiger partial charge on any atom is 0.310 e. The van der Waals surface area contributed by atoms with Crippen molar-refractivity contribution >= 4 is 16.8 Å². The van der Waals surface area contributed by atoms with E-state index in [-0.39, 0.29) is 23.0 Å². The fraction of sp³-hybridized carbons (Fsp3) is 0.235. The summed E-state index contributed by atoms with van der Waals surface area (Å²) >= 11 is 0. The molecule has 5 nitrogen and oxygen atoms in total. The van der Waals surface area contributed by atoms with Gasteiger partial charge in [-0.2, -0.15) is 0 Å². The van der Waals surface area contributed by atoms with Gasteiger partial charge in [0.15, 0.2) is 12.2 Å². The predicted molar refractivity (Wildman–Crippen MR) is 81.8 cm³/mol. The van der Waals surface area contributed by atoms with E-state index in [2.05, 4.69) is 0 Å². The quantitative estimate of drug-likeness (QED) is 0.857. The van der Waals surface area contributed by atoms with Crippen molar-refractivity contribution in [3.63, 3.8) is 0 Å². The highest BCUT2D eigenvalue weighted by molar-refractivity contribution is 7.85. The molecule has 1 unspecified atom stereocenters. The summed E-state index contributed by atoms with van der Waals surface area (Å²) < 4.78 is 24.0. The molecule has 2 aliphatic heterocycles. The Morgan fingerprint density at radius 1 is 1.13 bits per heavy atom. The first kappa shape index (κ1) is 14.3. The Bertz CT molecular complexity index is 828. The lowest BCUT2D eigenvalue weighted by Gasteiger charge is -2.13. The standard InChI is InChI=1S/C17H14O5S/c1-9-2-4-10(5-3-9)23(20)17-11(18)6-7-12-15(17)16-13(21-12)8-14(19)22-16/h2-7,13,16,18H,8H2,1H3/t13-,16+,23?/m0/s1. The Kier molecular flexibility index (Phi) is 3.16. The van der Waals surface area contributed by atoms with Crippen LogP contribution in [0.2, 0.25) is 0 Å². The minimum Gasteiger partial charge on any atom is -0.507 e. The highest BCUT2D eigenvalue weighted by Gasteiger charge is 2.47. The summed E-state index contributed by atoms with van der Waals surface area (Å²) in [5.41, 5.74) is 1.57. The molecular formula is C17H14O5S. The molecule has 2 aromatic rings. The number of benzene rings is 2. The lowest BCUT2D eigenvalue weighted by molar-refractivity contribution is -0.141. The van der Waals surface area contributed by atoms with Crippen LogP contribution in [0.15, 0.2) is 46.2 Å². The molecule has 2 heterocycles. The van der Waals surface area contributed by atoms with Gasteiger partial charge >= 0.3 is 5.97 Å². The number of carbonyl (C=O) groups excluding carboxylic acids is 1. The zero-order valence-electron chi connectivity index (χ0n) is 12.3. The number of carbonyl (C=O) groups is 1. The summed E-state index contributed by atoms with van der Waals surface area (Å²) in [6, 6.07) is 10.3. The molecule has 0 bridgehead atoms. The smallest absolute Gasteiger partial charge is 0.310 e. The average Bonchev–Trinajstić information content (AvgIpc) is 3.03. The van der Waals surface area contributed by atoms with E-state index < -0.39 is 23.0 Å². The van der Waals surface area contributed by atoms with E-state index in [9.17, 15) is 14.1 Å². The third-order valence-corrected chi connectivity index (χ3v) is 5.58. The number of fused-ring (bicyclic) bond motifs is 3. The van der Waals surface area contributed by atoms with Crippen LogP contribution in [-0.2, 0) is 20.3 Å². The van der Waals surface area contributed by atoms with Crippen molar-refractivity contribution in [2.75, 3.05) is 0 Å². The third-order valence-electron chi connectivity index (χ3n) is 4.08. The number of hydrogen-bond acceptors (Lipinski definition) is 5. The first-order valence-electron chi connectivity index (χ1n) is 7.25. The molecule has 6 heteroatoms. The molecule has 118 valence electrons. The minimum absolute atomic E-state index is 0.0881. The predicted octanol–water partition coefficient (Wildman–Crippen LogP) is 2.62. The molecule has 3 atom stereocenters. The van der Waals surface area contributed by atoms with Crippen molar-refractivity contribution in [3.8, 4) is 11.5 Å². The van der Waals surface area contributed by atoms with Gasteiger partial charge in [0.05, 0.1) is 27.7 Å². The SMILES string of the molecule is Cc1ccc(S(=O)c2c(O)ccc3c2[C@@H]2OC(=O)C[C@@H]2O3)cc1. The summed E-state index contributed by atoms with van der Waals surface area (Å²) in [5, 5.41) is 10.3. The number of phenols is 1. The van der Waals surface area contributed by atoms with Crippen molar-refractivity contribution in [1.29, 1.82) is 0 Å². The highest BCUT2D eigenvalue weighted by atomic mass is 32.2. The summed E-state index contributed by atoms with van der Waals surface area (Å²) in [7, 11) is -1.59. The van der Waals surface area contributed by atoms with Gasteiger partial charge in [-0.3, -0.25) is 4.79 Å². The van der Waals surface area contributed by atoms with Crippen LogP contribution in [0.4, 0.5) is 0 Å². The van der Waals surface area contributed by atoms with Crippen molar-refractivity contribution in [2.45, 2.75) is 35.3 Å². The maximum atomic E-state index is 13.0. The number of ether oxygens (including phenoxy) is 2. The normalized spacial score (nSPS) is 22.9. The molecule has 2 aromatic carbocycles. The second kappa shape index (κ2) is 5.09. The lowest BCUT2D eigenvalue weighted by atomic mass is 10.1. The number of aromatic hydroxyl groups is 1. The summed E-state index contributed by atoms with van der Waals surface area (Å²) in [5.74, 6) is 0.0803. The average molecular weight is 330 g/mol. The molecule has 0 spiro atoms. The Balaban J connectivity index is 1.84. The number of aryl methyl sites for hydroxylation is 1. The maximum absolute atomic E-state index is 13.0. The van der Waals surface area contributed by atoms with E-state index in [1.807, 2.05) is 19.1 Å². The van der Waals surface area contributed by atoms with Crippen LogP contribution in [0, 0.1) is 6.92 Å². The topological polar surface area (TPSA) is 72.8 Å². The molecule has 1 N–H and O–H groups in total. The largest absolute Gasteiger partial charge is 0.507 e. The Morgan fingerprint density at radius 3 is 2.61 bits per heavy atom. The molecule has 4 rings (SSSR count). The van der Waals surface area contributed by atoms with Crippen LogP contribution in [0.3, 0.4) is 0 Å². The van der Waals surface area contributed by atoms with Gasteiger partial charge < -0.3 is 14.6 Å². The van der Waals surface area contributed by atoms with Gasteiger partial charge in [-0.1, -0.05) is 17.7 Å². The summed E-state index contributed by atoms with van der Waals surface area (Å²) in [6.45, 7) is 1.95. The van der Waals surface area contributed by atoms with Crippen molar-refractivity contribution in [2.24, 2.45) is 0 Å². The number of esters is 1. The highest BCUT2D eigenvalue weighted by Crippen LogP contribution is 2.49. The van der Waals surface area contributed by atoms with E-state index in [1.54, 1.807) is 18.2 Å².